The molecule has 146 valence electrons. The lowest BCUT2D eigenvalue weighted by Crippen LogP contribution is -2.34. The maximum atomic E-state index is 11.7. The van der Waals surface area contributed by atoms with Gasteiger partial charge in [-0.15, -0.1) is 24.0 Å². The Balaban J connectivity index is 0.00000338. The Bertz CT molecular complexity index is 593. The number of rotatable bonds is 6. The first-order valence-corrected chi connectivity index (χ1v) is 8.94. The zero-order valence-corrected chi connectivity index (χ0v) is 18.2. The van der Waals surface area contributed by atoms with Gasteiger partial charge in [0.05, 0.1) is 0 Å². The monoisotopic (exact) mass is 474 g/mol. The lowest BCUT2D eigenvalue weighted by Gasteiger charge is -2.23. The van der Waals surface area contributed by atoms with Gasteiger partial charge in [-0.05, 0) is 63.6 Å². The van der Waals surface area contributed by atoms with E-state index in [2.05, 4.69) is 15.6 Å². The molecule has 1 aromatic rings. The van der Waals surface area contributed by atoms with E-state index < -0.39 is 11.7 Å². The fraction of sp³-hybridized carbons (Fsp3) is 0.579. The van der Waals surface area contributed by atoms with Crippen molar-refractivity contribution >= 4 is 41.7 Å². The van der Waals surface area contributed by atoms with Gasteiger partial charge >= 0.3 is 6.09 Å². The highest BCUT2D eigenvalue weighted by atomic mass is 127. The van der Waals surface area contributed by atoms with Crippen molar-refractivity contribution in [1.29, 1.82) is 0 Å². The van der Waals surface area contributed by atoms with Crippen molar-refractivity contribution < 1.29 is 9.53 Å². The normalized spacial score (nSPS) is 14.8. The molecule has 4 N–H and O–H groups in total. The van der Waals surface area contributed by atoms with Crippen molar-refractivity contribution in [3.8, 4) is 0 Å². The van der Waals surface area contributed by atoms with Gasteiger partial charge in [-0.2, -0.15) is 0 Å². The van der Waals surface area contributed by atoms with Crippen LogP contribution in [0.2, 0.25) is 0 Å². The third-order valence-corrected chi connectivity index (χ3v) is 4.06. The summed E-state index contributed by atoms with van der Waals surface area (Å²) in [6.45, 7) is 7.08. The first kappa shape index (κ1) is 22.5. The fourth-order valence-corrected chi connectivity index (χ4v) is 2.47. The van der Waals surface area contributed by atoms with E-state index >= 15 is 0 Å². The number of carbonyl (C=O) groups excluding carboxylic acids is 1. The molecule has 1 amide bonds. The minimum absolute atomic E-state index is 0. The summed E-state index contributed by atoms with van der Waals surface area (Å²) in [5, 5.41) is 5.87. The largest absolute Gasteiger partial charge is 0.444 e. The van der Waals surface area contributed by atoms with E-state index in [4.69, 9.17) is 10.5 Å². The SMILES string of the molecule is CC(C)(C)OC(=O)Nc1ccc(CCNC(N)=NCC2CCC2)cc1.I. The number of nitrogens with one attached hydrogen (secondary N) is 2. The van der Waals surface area contributed by atoms with Crippen LogP contribution < -0.4 is 16.4 Å². The number of guanidine groups is 1. The molecule has 1 aliphatic carbocycles. The zero-order valence-electron chi connectivity index (χ0n) is 15.9. The number of ether oxygens (including phenoxy) is 1. The van der Waals surface area contributed by atoms with Crippen LogP contribution in [0.5, 0.6) is 0 Å². The van der Waals surface area contributed by atoms with Gasteiger partial charge in [0.2, 0.25) is 0 Å². The quantitative estimate of drug-likeness (QED) is 0.332. The average Bonchev–Trinajstić information content (AvgIpc) is 2.45. The summed E-state index contributed by atoms with van der Waals surface area (Å²) in [4.78, 5) is 16.1. The van der Waals surface area contributed by atoms with Crippen LogP contribution >= 0.6 is 24.0 Å². The van der Waals surface area contributed by atoms with E-state index in [1.54, 1.807) is 0 Å². The van der Waals surface area contributed by atoms with Crippen LogP contribution in [0.4, 0.5) is 10.5 Å². The molecular weight excluding hydrogens is 443 g/mol. The molecule has 0 radical (unpaired) electrons. The third-order valence-electron chi connectivity index (χ3n) is 4.06. The molecule has 26 heavy (non-hydrogen) atoms. The second-order valence-electron chi connectivity index (χ2n) is 7.52. The minimum atomic E-state index is -0.504. The maximum Gasteiger partial charge on any atom is 0.412 e. The molecule has 0 atom stereocenters. The number of amides is 1. The second kappa shape index (κ2) is 10.6. The molecule has 0 bridgehead atoms. The van der Waals surface area contributed by atoms with Gasteiger partial charge in [0, 0.05) is 18.8 Å². The van der Waals surface area contributed by atoms with Gasteiger partial charge in [0.15, 0.2) is 5.96 Å². The van der Waals surface area contributed by atoms with Crippen LogP contribution in [-0.4, -0.2) is 30.7 Å². The average molecular weight is 474 g/mol. The predicted molar refractivity (Wildman–Crippen MR) is 117 cm³/mol. The van der Waals surface area contributed by atoms with E-state index in [0.717, 1.165) is 31.0 Å². The summed E-state index contributed by atoms with van der Waals surface area (Å²) in [7, 11) is 0. The number of nitrogens with zero attached hydrogens (tertiary/aromatic N) is 1. The zero-order chi connectivity index (χ0) is 18.3. The van der Waals surface area contributed by atoms with Crippen molar-refractivity contribution in [1.82, 2.24) is 5.32 Å². The van der Waals surface area contributed by atoms with E-state index in [0.29, 0.717) is 11.6 Å². The predicted octanol–water partition coefficient (Wildman–Crippen LogP) is 3.90. The van der Waals surface area contributed by atoms with Gasteiger partial charge in [-0.3, -0.25) is 10.3 Å². The summed E-state index contributed by atoms with van der Waals surface area (Å²) in [5.74, 6) is 1.25. The number of aliphatic imine (C=N–C) groups is 1. The molecule has 0 spiro atoms. The first-order chi connectivity index (χ1) is 11.8. The van der Waals surface area contributed by atoms with E-state index in [-0.39, 0.29) is 24.0 Å². The van der Waals surface area contributed by atoms with Gasteiger partial charge in [0.1, 0.15) is 5.60 Å². The highest BCUT2D eigenvalue weighted by Gasteiger charge is 2.17. The van der Waals surface area contributed by atoms with Crippen LogP contribution in [0.3, 0.4) is 0 Å². The number of hydrogen-bond donors (Lipinski definition) is 3. The molecule has 1 fully saturated rings. The molecule has 1 aromatic carbocycles. The molecular formula is C19H31IN4O2. The Labute approximate surface area is 173 Å². The van der Waals surface area contributed by atoms with Crippen LogP contribution in [0.1, 0.15) is 45.6 Å². The maximum absolute atomic E-state index is 11.7. The molecule has 2 rings (SSSR count). The standard InChI is InChI=1S/C19H30N4O2.HI/c1-19(2,3)25-18(24)23-16-9-7-14(8-10-16)11-12-21-17(20)22-13-15-5-4-6-15;/h7-10,15H,4-6,11-13H2,1-3H3,(H,23,24)(H3,20,21,22);1H. The van der Waals surface area contributed by atoms with Crippen molar-refractivity contribution in [2.75, 3.05) is 18.4 Å². The highest BCUT2D eigenvalue weighted by Crippen LogP contribution is 2.26. The molecule has 0 saturated heterocycles. The van der Waals surface area contributed by atoms with Crippen LogP contribution in [0, 0.1) is 5.92 Å². The number of carbonyl (C=O) groups is 1. The molecule has 1 aliphatic rings. The Hall–Kier alpha value is -1.51. The van der Waals surface area contributed by atoms with Crippen molar-refractivity contribution in [2.24, 2.45) is 16.6 Å². The Morgan fingerprint density at radius 3 is 2.46 bits per heavy atom. The summed E-state index contributed by atoms with van der Waals surface area (Å²) >= 11 is 0. The first-order valence-electron chi connectivity index (χ1n) is 8.94. The lowest BCUT2D eigenvalue weighted by atomic mass is 9.86. The summed E-state index contributed by atoms with van der Waals surface area (Å²) in [6, 6.07) is 7.70. The number of halogens is 1. The third kappa shape index (κ3) is 8.73. The lowest BCUT2D eigenvalue weighted by molar-refractivity contribution is 0.0636. The topological polar surface area (TPSA) is 88.7 Å². The molecule has 0 heterocycles. The number of hydrogen-bond acceptors (Lipinski definition) is 3. The summed E-state index contributed by atoms with van der Waals surface area (Å²) in [5.41, 5.74) is 7.24. The highest BCUT2D eigenvalue weighted by molar-refractivity contribution is 14.0. The summed E-state index contributed by atoms with van der Waals surface area (Å²) < 4.78 is 5.23. The van der Waals surface area contributed by atoms with Crippen molar-refractivity contribution in [2.45, 2.75) is 52.1 Å². The smallest absolute Gasteiger partial charge is 0.412 e. The molecule has 7 heteroatoms. The molecule has 6 nitrogen and oxygen atoms in total. The van der Waals surface area contributed by atoms with Crippen molar-refractivity contribution in [3.63, 3.8) is 0 Å². The second-order valence-corrected chi connectivity index (χ2v) is 7.52. The number of benzene rings is 1. The van der Waals surface area contributed by atoms with Gasteiger partial charge in [-0.1, -0.05) is 18.6 Å². The summed E-state index contributed by atoms with van der Waals surface area (Å²) in [6.07, 6.45) is 4.27. The van der Waals surface area contributed by atoms with Crippen LogP contribution in [0.25, 0.3) is 0 Å². The Morgan fingerprint density at radius 1 is 1.27 bits per heavy atom. The fourth-order valence-electron chi connectivity index (χ4n) is 2.47. The van der Waals surface area contributed by atoms with Crippen molar-refractivity contribution in [3.05, 3.63) is 29.8 Å². The number of nitrogens with two attached hydrogens (primary N) is 1. The van der Waals surface area contributed by atoms with Crippen LogP contribution in [0.15, 0.2) is 29.3 Å². The van der Waals surface area contributed by atoms with Gasteiger partial charge in [-0.25, -0.2) is 4.79 Å². The van der Waals surface area contributed by atoms with E-state index in [1.165, 1.54) is 19.3 Å². The van der Waals surface area contributed by atoms with E-state index in [9.17, 15) is 4.79 Å². The minimum Gasteiger partial charge on any atom is -0.444 e. The number of anilines is 1. The molecule has 0 unspecified atom stereocenters. The molecule has 1 saturated carbocycles. The molecule has 0 aliphatic heterocycles. The van der Waals surface area contributed by atoms with Gasteiger partial charge in [0.25, 0.3) is 0 Å². The van der Waals surface area contributed by atoms with Crippen LogP contribution in [-0.2, 0) is 11.2 Å². The van der Waals surface area contributed by atoms with Gasteiger partial charge < -0.3 is 15.8 Å². The Morgan fingerprint density at radius 2 is 1.92 bits per heavy atom. The molecule has 0 aromatic heterocycles. The Kier molecular flexibility index (Phi) is 9.18. The van der Waals surface area contributed by atoms with E-state index in [1.807, 2.05) is 45.0 Å².